The van der Waals surface area contributed by atoms with Crippen LogP contribution in [0.2, 0.25) is 0 Å². The summed E-state index contributed by atoms with van der Waals surface area (Å²) in [5, 5.41) is 10.9. The van der Waals surface area contributed by atoms with Gasteiger partial charge in [-0.05, 0) is 25.8 Å². The van der Waals surface area contributed by atoms with Gasteiger partial charge in [0.25, 0.3) is 0 Å². The van der Waals surface area contributed by atoms with Crippen LogP contribution < -0.4 is 22.3 Å². The maximum atomic E-state index is 10.7. The molecule has 14 heavy (non-hydrogen) atoms. The summed E-state index contributed by atoms with van der Waals surface area (Å²) in [6, 6.07) is -1.62. The Kier molecular flexibility index (Phi) is 6.42. The predicted molar refractivity (Wildman–Crippen MR) is 50.2 cm³/mol. The summed E-state index contributed by atoms with van der Waals surface area (Å²) in [7, 11) is 0. The van der Waals surface area contributed by atoms with Crippen LogP contribution in [-0.2, 0) is 4.79 Å². The molecule has 7 nitrogen and oxygen atoms in total. The second-order valence-electron chi connectivity index (χ2n) is 2.79. The number of hydrogen-bond acceptors (Lipinski definition) is 4. The molecule has 0 bridgehead atoms. The second-order valence-corrected chi connectivity index (χ2v) is 2.79. The van der Waals surface area contributed by atoms with E-state index < -0.39 is 18.0 Å². The number of carboxylic acid groups (broad SMARTS) is 1. The molecule has 0 aliphatic carbocycles. The van der Waals surface area contributed by atoms with Crippen molar-refractivity contribution in [1.29, 1.82) is 0 Å². The van der Waals surface area contributed by atoms with E-state index in [9.17, 15) is 9.59 Å². The van der Waals surface area contributed by atoms with Gasteiger partial charge in [-0.3, -0.25) is 5.43 Å². The third-order valence-electron chi connectivity index (χ3n) is 1.68. The summed E-state index contributed by atoms with van der Waals surface area (Å²) in [5.74, 6) is 3.72. The maximum Gasteiger partial charge on any atom is 0.329 e. The molecule has 7 N–H and O–H groups in total. The second kappa shape index (κ2) is 7.10. The van der Waals surface area contributed by atoms with Crippen LogP contribution in [0.25, 0.3) is 0 Å². The van der Waals surface area contributed by atoms with E-state index in [1.165, 1.54) is 0 Å². The summed E-state index contributed by atoms with van der Waals surface area (Å²) in [5.41, 5.74) is 7.05. The maximum absolute atomic E-state index is 10.7. The Morgan fingerprint density at radius 2 is 2.00 bits per heavy atom. The molecule has 7 heteroatoms. The number of carbonyl (C=O) groups is 2. The quantitative estimate of drug-likeness (QED) is 0.159. The van der Waals surface area contributed by atoms with Crippen molar-refractivity contribution in [2.45, 2.75) is 25.3 Å². The molecule has 0 saturated heterocycles. The molecule has 82 valence electrons. The van der Waals surface area contributed by atoms with Gasteiger partial charge in [-0.15, -0.1) is 0 Å². The number of hydrogen-bond donors (Lipinski definition) is 5. The third-order valence-corrected chi connectivity index (χ3v) is 1.68. The average Bonchev–Trinajstić information content (AvgIpc) is 2.16. The molecule has 2 amide bonds. The van der Waals surface area contributed by atoms with Crippen molar-refractivity contribution in [2.75, 3.05) is 6.54 Å². The van der Waals surface area contributed by atoms with Crippen molar-refractivity contribution in [3.63, 3.8) is 0 Å². The molecule has 0 aromatic carbocycles. The number of urea groups is 1. The van der Waals surface area contributed by atoms with Crippen LogP contribution in [0.15, 0.2) is 0 Å². The van der Waals surface area contributed by atoms with E-state index in [1.54, 1.807) is 5.43 Å². The molecule has 0 aliphatic rings. The Hall–Kier alpha value is -1.34. The van der Waals surface area contributed by atoms with Gasteiger partial charge in [0.05, 0.1) is 0 Å². The number of hydrazine groups is 1. The van der Waals surface area contributed by atoms with E-state index in [4.69, 9.17) is 16.7 Å². The first-order chi connectivity index (χ1) is 6.61. The minimum absolute atomic E-state index is 0.347. The normalized spacial score (nSPS) is 11.9. The fraction of sp³-hybridized carbons (Fsp3) is 0.714. The number of unbranched alkanes of at least 4 members (excludes halogenated alkanes) is 1. The molecule has 0 unspecified atom stereocenters. The largest absolute Gasteiger partial charge is 0.480 e. The van der Waals surface area contributed by atoms with Crippen LogP contribution in [0.1, 0.15) is 19.3 Å². The first-order valence-electron chi connectivity index (χ1n) is 4.31. The molecule has 0 heterocycles. The summed E-state index contributed by atoms with van der Waals surface area (Å²) in [6.07, 6.45) is 1.73. The van der Waals surface area contributed by atoms with Gasteiger partial charge in [0.2, 0.25) is 0 Å². The van der Waals surface area contributed by atoms with E-state index in [2.05, 4.69) is 5.32 Å². The van der Waals surface area contributed by atoms with Crippen LogP contribution in [0, 0.1) is 0 Å². The van der Waals surface area contributed by atoms with E-state index in [1.807, 2.05) is 0 Å². The molecule has 0 rings (SSSR count). The number of nitrogens with two attached hydrogens (primary N) is 2. The number of aliphatic carboxylic acids is 1. The molecule has 0 spiro atoms. The van der Waals surface area contributed by atoms with E-state index >= 15 is 0 Å². The minimum Gasteiger partial charge on any atom is -0.480 e. The van der Waals surface area contributed by atoms with Crippen molar-refractivity contribution in [3.8, 4) is 0 Å². The summed E-state index contributed by atoms with van der Waals surface area (Å²) in [4.78, 5) is 21.4. The number of nitrogens with one attached hydrogen (secondary N) is 2. The summed E-state index contributed by atoms with van der Waals surface area (Å²) >= 11 is 0. The average molecular weight is 204 g/mol. The zero-order valence-corrected chi connectivity index (χ0v) is 7.82. The molecule has 0 fully saturated rings. The Balaban J connectivity index is 3.90. The van der Waals surface area contributed by atoms with Crippen molar-refractivity contribution in [1.82, 2.24) is 10.7 Å². The molecule has 1 atom stereocenters. The van der Waals surface area contributed by atoms with E-state index in [0.717, 1.165) is 6.42 Å². The highest BCUT2D eigenvalue weighted by atomic mass is 16.4. The first-order valence-corrected chi connectivity index (χ1v) is 4.31. The van der Waals surface area contributed by atoms with E-state index in [-0.39, 0.29) is 0 Å². The fourth-order valence-corrected chi connectivity index (χ4v) is 0.950. The molecule has 0 saturated carbocycles. The van der Waals surface area contributed by atoms with Gasteiger partial charge >= 0.3 is 12.0 Å². The lowest BCUT2D eigenvalue weighted by molar-refractivity contribution is -0.139. The molecular weight excluding hydrogens is 188 g/mol. The minimum atomic E-state index is -1.08. The molecule has 0 aliphatic heterocycles. The standard InChI is InChI=1S/C7H16N4O3/c8-4-2-1-3-5(6(12)13)10-7(14)11-9/h5H,1-4,8-9H2,(H,12,13)(H2,10,11,14)/t5-/m0/s1. The predicted octanol–water partition coefficient (Wildman–Crippen LogP) is -1.26. The van der Waals surface area contributed by atoms with Crippen LogP contribution in [0.4, 0.5) is 4.79 Å². The highest BCUT2D eigenvalue weighted by Gasteiger charge is 2.18. The lowest BCUT2D eigenvalue weighted by Crippen LogP contribution is -2.48. The zero-order chi connectivity index (χ0) is 11.0. The third kappa shape index (κ3) is 5.33. The molecule has 0 radical (unpaired) electrons. The van der Waals surface area contributed by atoms with Gasteiger partial charge in [0.15, 0.2) is 0 Å². The topological polar surface area (TPSA) is 130 Å². The van der Waals surface area contributed by atoms with Crippen molar-refractivity contribution >= 4 is 12.0 Å². The van der Waals surface area contributed by atoms with Crippen molar-refractivity contribution in [3.05, 3.63) is 0 Å². The SMILES string of the molecule is NCCCC[C@H](NC(=O)NN)C(=O)O. The molecule has 0 aromatic heterocycles. The lowest BCUT2D eigenvalue weighted by atomic mass is 10.1. The Morgan fingerprint density at radius 3 is 2.43 bits per heavy atom. The van der Waals surface area contributed by atoms with E-state index in [0.29, 0.717) is 19.4 Å². The van der Waals surface area contributed by atoms with Crippen LogP contribution in [0.5, 0.6) is 0 Å². The highest BCUT2D eigenvalue weighted by molar-refractivity contribution is 5.82. The van der Waals surface area contributed by atoms with Crippen LogP contribution >= 0.6 is 0 Å². The number of carbonyl (C=O) groups excluding carboxylic acids is 1. The van der Waals surface area contributed by atoms with Gasteiger partial charge in [-0.1, -0.05) is 0 Å². The van der Waals surface area contributed by atoms with Crippen LogP contribution in [0.3, 0.4) is 0 Å². The number of amides is 2. The van der Waals surface area contributed by atoms with Crippen molar-refractivity contribution < 1.29 is 14.7 Å². The molecule has 0 aromatic rings. The fourth-order valence-electron chi connectivity index (χ4n) is 0.950. The Morgan fingerprint density at radius 1 is 1.36 bits per heavy atom. The first kappa shape index (κ1) is 12.7. The highest BCUT2D eigenvalue weighted by Crippen LogP contribution is 2.00. The Bertz CT molecular complexity index is 197. The summed E-state index contributed by atoms with van der Waals surface area (Å²) < 4.78 is 0. The lowest BCUT2D eigenvalue weighted by Gasteiger charge is -2.13. The van der Waals surface area contributed by atoms with Gasteiger partial charge in [-0.25, -0.2) is 15.4 Å². The van der Waals surface area contributed by atoms with Gasteiger partial charge < -0.3 is 16.2 Å². The van der Waals surface area contributed by atoms with Crippen LogP contribution in [-0.4, -0.2) is 29.7 Å². The molecular formula is C7H16N4O3. The number of carboxylic acids is 1. The summed E-state index contributed by atoms with van der Waals surface area (Å²) in [6.45, 7) is 0.509. The van der Waals surface area contributed by atoms with Gasteiger partial charge in [0.1, 0.15) is 6.04 Å². The smallest absolute Gasteiger partial charge is 0.329 e. The monoisotopic (exact) mass is 204 g/mol. The van der Waals surface area contributed by atoms with Crippen molar-refractivity contribution in [2.24, 2.45) is 11.6 Å². The number of rotatable bonds is 6. The van der Waals surface area contributed by atoms with Gasteiger partial charge in [0, 0.05) is 0 Å². The Labute approximate surface area is 81.8 Å². The van der Waals surface area contributed by atoms with Gasteiger partial charge in [-0.2, -0.15) is 0 Å². The zero-order valence-electron chi connectivity index (χ0n) is 7.82.